The van der Waals surface area contributed by atoms with Gasteiger partial charge in [0.15, 0.2) is 0 Å². The molecule has 0 spiro atoms. The Morgan fingerprint density at radius 1 is 1.30 bits per heavy atom. The summed E-state index contributed by atoms with van der Waals surface area (Å²) >= 11 is 0. The van der Waals surface area contributed by atoms with Crippen LogP contribution in [0, 0.1) is 0 Å². The zero-order valence-corrected chi connectivity index (χ0v) is 12.8. The number of fused-ring (bicyclic) bond motifs is 1. The van der Waals surface area contributed by atoms with Crippen LogP contribution in [-0.2, 0) is 13.6 Å². The molecule has 1 aromatic carbocycles. The fraction of sp³-hybridized carbons (Fsp3) is 0.176. The number of para-hydroxylation sites is 1. The van der Waals surface area contributed by atoms with E-state index in [1.54, 1.807) is 49.1 Å². The molecule has 2 heterocycles. The predicted molar refractivity (Wildman–Crippen MR) is 85.6 cm³/mol. The quantitative estimate of drug-likeness (QED) is 0.800. The van der Waals surface area contributed by atoms with Crippen LogP contribution in [0.3, 0.4) is 0 Å². The molecule has 3 rings (SSSR count). The van der Waals surface area contributed by atoms with Crippen molar-refractivity contribution >= 4 is 16.8 Å². The van der Waals surface area contributed by atoms with E-state index in [4.69, 9.17) is 9.15 Å². The number of hydrogen-bond acceptors (Lipinski definition) is 4. The lowest BCUT2D eigenvalue weighted by Gasteiger charge is -2.12. The first-order valence-corrected chi connectivity index (χ1v) is 7.08. The Kier molecular flexibility index (Phi) is 3.89. The molecule has 1 N–H and O–H groups in total. The van der Waals surface area contributed by atoms with E-state index in [2.05, 4.69) is 5.32 Å². The smallest absolute Gasteiger partial charge is 0.257 e. The van der Waals surface area contributed by atoms with Crippen LogP contribution in [0.1, 0.15) is 16.1 Å². The fourth-order valence-electron chi connectivity index (χ4n) is 2.53. The van der Waals surface area contributed by atoms with Gasteiger partial charge in [0.2, 0.25) is 5.43 Å². The molecule has 118 valence electrons. The van der Waals surface area contributed by atoms with E-state index in [1.165, 1.54) is 12.5 Å². The minimum Gasteiger partial charge on any atom is -0.495 e. The second kappa shape index (κ2) is 6.00. The summed E-state index contributed by atoms with van der Waals surface area (Å²) in [6.07, 6.45) is 3.05. The molecule has 0 aliphatic carbocycles. The molecule has 0 radical (unpaired) electrons. The number of pyridine rings is 1. The summed E-state index contributed by atoms with van der Waals surface area (Å²) in [7, 11) is 3.32. The van der Waals surface area contributed by atoms with Gasteiger partial charge in [-0.25, -0.2) is 0 Å². The van der Waals surface area contributed by atoms with Gasteiger partial charge >= 0.3 is 0 Å². The molecule has 0 aliphatic heterocycles. The zero-order chi connectivity index (χ0) is 16.4. The number of ether oxygens (including phenoxy) is 1. The minimum absolute atomic E-state index is 0.0832. The molecule has 3 aromatic rings. The molecule has 23 heavy (non-hydrogen) atoms. The van der Waals surface area contributed by atoms with Crippen LogP contribution in [0.4, 0.5) is 0 Å². The van der Waals surface area contributed by atoms with Gasteiger partial charge in [-0.3, -0.25) is 9.59 Å². The Morgan fingerprint density at radius 2 is 2.13 bits per heavy atom. The number of amides is 1. The number of furan rings is 1. The Hall–Kier alpha value is -3.02. The molecule has 1 amide bonds. The van der Waals surface area contributed by atoms with Crippen molar-refractivity contribution in [2.24, 2.45) is 7.05 Å². The van der Waals surface area contributed by atoms with E-state index >= 15 is 0 Å². The van der Waals surface area contributed by atoms with E-state index in [0.29, 0.717) is 22.4 Å². The standard InChI is InChI=1S/C17H16N2O4/c1-19-10-13(17(21)18-9-11-5-4-8-23-11)16(20)12-6-3-7-14(22-2)15(12)19/h3-8,10H,9H2,1-2H3,(H,18,21). The first-order valence-electron chi connectivity index (χ1n) is 7.08. The summed E-state index contributed by atoms with van der Waals surface area (Å²) in [5.41, 5.74) is 0.413. The Labute approximate surface area is 132 Å². The normalized spacial score (nSPS) is 10.7. The molecule has 0 bridgehead atoms. The van der Waals surface area contributed by atoms with E-state index in [-0.39, 0.29) is 17.5 Å². The van der Waals surface area contributed by atoms with Gasteiger partial charge in [0.05, 0.1) is 30.8 Å². The average Bonchev–Trinajstić information content (AvgIpc) is 3.08. The van der Waals surface area contributed by atoms with Crippen LogP contribution < -0.4 is 15.5 Å². The molecule has 2 aromatic heterocycles. The number of aromatic nitrogens is 1. The number of carbonyl (C=O) groups is 1. The largest absolute Gasteiger partial charge is 0.495 e. The highest BCUT2D eigenvalue weighted by molar-refractivity contribution is 5.98. The second-order valence-electron chi connectivity index (χ2n) is 5.10. The molecule has 0 saturated carbocycles. The van der Waals surface area contributed by atoms with Crippen molar-refractivity contribution in [3.05, 3.63) is 64.3 Å². The SMILES string of the molecule is COc1cccc2c(=O)c(C(=O)NCc3ccco3)cn(C)c12. The molecule has 6 heteroatoms. The monoisotopic (exact) mass is 312 g/mol. The van der Waals surface area contributed by atoms with Gasteiger partial charge < -0.3 is 19.0 Å². The zero-order valence-electron chi connectivity index (χ0n) is 12.8. The number of nitrogens with one attached hydrogen (secondary N) is 1. The molecular weight excluding hydrogens is 296 g/mol. The Bertz CT molecular complexity index is 910. The third-order valence-corrected chi connectivity index (χ3v) is 3.63. The summed E-state index contributed by atoms with van der Waals surface area (Å²) in [4.78, 5) is 24.9. The minimum atomic E-state index is -0.438. The first-order chi connectivity index (χ1) is 11.1. The van der Waals surface area contributed by atoms with Crippen LogP contribution in [0.25, 0.3) is 10.9 Å². The fourth-order valence-corrected chi connectivity index (χ4v) is 2.53. The van der Waals surface area contributed by atoms with Gasteiger partial charge in [-0.05, 0) is 24.3 Å². The Morgan fingerprint density at radius 3 is 2.83 bits per heavy atom. The van der Waals surface area contributed by atoms with Crippen LogP contribution in [0.2, 0.25) is 0 Å². The summed E-state index contributed by atoms with van der Waals surface area (Å²) in [5, 5.41) is 3.13. The number of aryl methyl sites for hydroxylation is 1. The van der Waals surface area contributed by atoms with Crippen molar-refractivity contribution in [3.8, 4) is 5.75 Å². The predicted octanol–water partition coefficient (Wildman–Crippen LogP) is 2.07. The van der Waals surface area contributed by atoms with E-state index < -0.39 is 5.91 Å². The van der Waals surface area contributed by atoms with Gasteiger partial charge in [0, 0.05) is 13.2 Å². The van der Waals surface area contributed by atoms with Crippen molar-refractivity contribution in [3.63, 3.8) is 0 Å². The number of hydrogen-bond donors (Lipinski definition) is 1. The first kappa shape index (κ1) is 14.9. The number of methoxy groups -OCH3 is 1. The van der Waals surface area contributed by atoms with Crippen molar-refractivity contribution in [2.75, 3.05) is 7.11 Å². The summed E-state index contributed by atoms with van der Waals surface area (Å²) in [6, 6.07) is 8.68. The van der Waals surface area contributed by atoms with E-state index in [1.807, 2.05) is 0 Å². The number of carbonyl (C=O) groups excluding carboxylic acids is 1. The third-order valence-electron chi connectivity index (χ3n) is 3.63. The summed E-state index contributed by atoms with van der Waals surface area (Å²) in [5.74, 6) is 0.772. The molecule has 0 fully saturated rings. The summed E-state index contributed by atoms with van der Waals surface area (Å²) < 4.78 is 12.2. The van der Waals surface area contributed by atoms with Gasteiger partial charge in [-0.2, -0.15) is 0 Å². The maximum atomic E-state index is 12.6. The lowest BCUT2D eigenvalue weighted by molar-refractivity contribution is 0.0946. The van der Waals surface area contributed by atoms with E-state index in [0.717, 1.165) is 0 Å². The molecule has 0 saturated heterocycles. The third kappa shape index (κ3) is 2.70. The molecule has 6 nitrogen and oxygen atoms in total. The topological polar surface area (TPSA) is 73.5 Å². The number of nitrogens with zero attached hydrogens (tertiary/aromatic N) is 1. The highest BCUT2D eigenvalue weighted by Crippen LogP contribution is 2.22. The molecule has 0 atom stereocenters. The maximum Gasteiger partial charge on any atom is 0.257 e. The molecular formula is C17H16N2O4. The van der Waals surface area contributed by atoms with Crippen LogP contribution in [-0.4, -0.2) is 17.6 Å². The van der Waals surface area contributed by atoms with Crippen molar-refractivity contribution in [2.45, 2.75) is 6.54 Å². The van der Waals surface area contributed by atoms with Gasteiger partial charge in [0.1, 0.15) is 17.1 Å². The van der Waals surface area contributed by atoms with Gasteiger partial charge in [-0.1, -0.05) is 6.07 Å². The Balaban J connectivity index is 2.00. The highest BCUT2D eigenvalue weighted by atomic mass is 16.5. The van der Waals surface area contributed by atoms with E-state index in [9.17, 15) is 9.59 Å². The maximum absolute atomic E-state index is 12.6. The number of rotatable bonds is 4. The van der Waals surface area contributed by atoms with Crippen molar-refractivity contribution in [1.29, 1.82) is 0 Å². The molecule has 0 unspecified atom stereocenters. The molecule has 0 aliphatic rings. The van der Waals surface area contributed by atoms with Crippen LogP contribution >= 0.6 is 0 Å². The number of benzene rings is 1. The average molecular weight is 312 g/mol. The lowest BCUT2D eigenvalue weighted by atomic mass is 10.1. The second-order valence-corrected chi connectivity index (χ2v) is 5.10. The van der Waals surface area contributed by atoms with Crippen molar-refractivity contribution < 1.29 is 13.9 Å². The van der Waals surface area contributed by atoms with Gasteiger partial charge in [-0.15, -0.1) is 0 Å². The highest BCUT2D eigenvalue weighted by Gasteiger charge is 2.16. The lowest BCUT2D eigenvalue weighted by Crippen LogP contribution is -2.29. The van der Waals surface area contributed by atoms with Crippen LogP contribution in [0.5, 0.6) is 5.75 Å². The van der Waals surface area contributed by atoms with Crippen molar-refractivity contribution in [1.82, 2.24) is 9.88 Å². The summed E-state index contributed by atoms with van der Waals surface area (Å²) in [6.45, 7) is 0.227. The van der Waals surface area contributed by atoms with Crippen LogP contribution in [0.15, 0.2) is 52.0 Å². The van der Waals surface area contributed by atoms with Gasteiger partial charge in [0.25, 0.3) is 5.91 Å².